The first kappa shape index (κ1) is 44.4. The molecule has 318 valence electrons. The van der Waals surface area contributed by atoms with Gasteiger partial charge in [-0.2, -0.15) is 0 Å². The summed E-state index contributed by atoms with van der Waals surface area (Å²) >= 11 is 0. The Hall–Kier alpha value is -5.74. The molecule has 4 N–H and O–H groups in total. The van der Waals surface area contributed by atoms with E-state index in [2.05, 4.69) is 21.0 Å². The molecule has 2 aromatic carbocycles. The van der Waals surface area contributed by atoms with Crippen molar-refractivity contribution in [3.63, 3.8) is 0 Å². The van der Waals surface area contributed by atoms with Gasteiger partial charge in [-0.25, -0.2) is 24.6 Å². The number of ether oxygens (including phenoxy) is 2. The lowest BCUT2D eigenvalue weighted by atomic mass is 9.86. The van der Waals surface area contributed by atoms with Crippen LogP contribution in [0, 0.1) is 11.3 Å². The second kappa shape index (κ2) is 19.8. The average molecular weight is 814 g/mol. The van der Waals surface area contributed by atoms with Crippen LogP contribution < -0.4 is 20.8 Å². The van der Waals surface area contributed by atoms with Crippen molar-refractivity contribution in [1.82, 2.24) is 45.4 Å². The number of imidazole rings is 1. The number of benzene rings is 2. The summed E-state index contributed by atoms with van der Waals surface area (Å²) in [5.74, 6) is 0.225. The van der Waals surface area contributed by atoms with E-state index in [0.29, 0.717) is 31.1 Å². The molecule has 0 aliphatic carbocycles. The van der Waals surface area contributed by atoms with E-state index in [4.69, 9.17) is 14.5 Å². The number of carbonyl (C=O) groups is 4. The van der Waals surface area contributed by atoms with Gasteiger partial charge in [-0.05, 0) is 53.1 Å². The molecule has 1 aliphatic rings. The number of nitrogens with one attached hydrogen (secondary N) is 3. The number of aromatic nitrogens is 3. The molecule has 5 atom stereocenters. The minimum absolute atomic E-state index is 0.109. The number of rotatable bonds is 18. The highest BCUT2D eigenvalue weighted by Gasteiger charge is 2.41. The number of aryl methyl sites for hydroxylation is 1. The van der Waals surface area contributed by atoms with Crippen molar-refractivity contribution >= 4 is 35.1 Å². The van der Waals surface area contributed by atoms with Gasteiger partial charge in [0.2, 0.25) is 5.91 Å². The molecule has 5 amide bonds. The number of aliphatic hydroxyl groups excluding tert-OH is 1. The molecule has 0 bridgehead atoms. The molecule has 4 aromatic rings. The summed E-state index contributed by atoms with van der Waals surface area (Å²) in [5.41, 5.74) is 5.35. The minimum Gasteiger partial charge on any atom is -0.497 e. The first-order chi connectivity index (χ1) is 28.1. The van der Waals surface area contributed by atoms with Gasteiger partial charge in [0.05, 0.1) is 32.9 Å². The fraction of sp³-hybridized carbons (Fsp3) is 0.488. The van der Waals surface area contributed by atoms with Crippen LogP contribution in [0.15, 0.2) is 72.9 Å². The molecule has 0 radical (unpaired) electrons. The molecule has 1 aliphatic heterocycles. The van der Waals surface area contributed by atoms with Crippen molar-refractivity contribution in [1.29, 1.82) is 0 Å². The van der Waals surface area contributed by atoms with E-state index < -0.39 is 41.6 Å². The molecule has 1 fully saturated rings. The van der Waals surface area contributed by atoms with E-state index in [-0.39, 0.29) is 43.9 Å². The van der Waals surface area contributed by atoms with Crippen LogP contribution in [-0.4, -0.2) is 116 Å². The maximum absolute atomic E-state index is 14.6. The Bertz CT molecular complexity index is 2040. The highest BCUT2D eigenvalue weighted by atomic mass is 16.5. The number of urea groups is 1. The smallest absolute Gasteiger partial charge is 0.407 e. The molecule has 2 aromatic heterocycles. The summed E-state index contributed by atoms with van der Waals surface area (Å²) < 4.78 is 12.0. The topological polar surface area (TPSA) is 183 Å². The SMILES string of the molecule is CCC(C)C(C(=O)NC(Cc1ccccc1)C(O)CN(Cc1ccc(OC)cc1)NC(=O)C(NC(=O)OC)C(C)(C)C)N1CCN(Cc2nc3cccnc3n2C)C1=O. The van der Waals surface area contributed by atoms with Crippen molar-refractivity contribution in [3.05, 3.63) is 89.9 Å². The zero-order valence-corrected chi connectivity index (χ0v) is 35.3. The number of hydrogen-bond acceptors (Lipinski definition) is 10. The molecular weight excluding hydrogens is 755 g/mol. The van der Waals surface area contributed by atoms with Gasteiger partial charge in [0, 0.05) is 39.4 Å². The second-order valence-corrected chi connectivity index (χ2v) is 16.2. The minimum atomic E-state index is -1.21. The van der Waals surface area contributed by atoms with Crippen molar-refractivity contribution in [2.75, 3.05) is 33.9 Å². The monoisotopic (exact) mass is 813 g/mol. The van der Waals surface area contributed by atoms with Crippen LogP contribution >= 0.6 is 0 Å². The molecule has 5 unspecified atom stereocenters. The molecule has 59 heavy (non-hydrogen) atoms. The van der Waals surface area contributed by atoms with E-state index >= 15 is 0 Å². The van der Waals surface area contributed by atoms with Gasteiger partial charge in [0.25, 0.3) is 5.91 Å². The highest BCUT2D eigenvalue weighted by Crippen LogP contribution is 2.25. The van der Waals surface area contributed by atoms with Gasteiger partial charge in [0.15, 0.2) is 5.65 Å². The highest BCUT2D eigenvalue weighted by molar-refractivity contribution is 5.89. The lowest BCUT2D eigenvalue weighted by Gasteiger charge is -2.36. The first-order valence-electron chi connectivity index (χ1n) is 20.0. The largest absolute Gasteiger partial charge is 0.497 e. The Morgan fingerprint density at radius 1 is 0.949 bits per heavy atom. The summed E-state index contributed by atoms with van der Waals surface area (Å²) in [6.45, 7) is 10.4. The van der Waals surface area contributed by atoms with Crippen LogP contribution in [0.1, 0.15) is 58.0 Å². The van der Waals surface area contributed by atoms with Crippen LogP contribution in [0.3, 0.4) is 0 Å². The van der Waals surface area contributed by atoms with Crippen LogP contribution in [-0.2, 0) is 40.9 Å². The fourth-order valence-corrected chi connectivity index (χ4v) is 7.27. The number of alkyl carbamates (subject to hydrolysis) is 1. The Balaban J connectivity index is 1.39. The number of fused-ring (bicyclic) bond motifs is 1. The third-order valence-electron chi connectivity index (χ3n) is 10.8. The Labute approximate surface area is 346 Å². The van der Waals surface area contributed by atoms with Crippen LogP contribution in [0.4, 0.5) is 9.59 Å². The number of hydrogen-bond donors (Lipinski definition) is 4. The lowest BCUT2D eigenvalue weighted by molar-refractivity contribution is -0.132. The van der Waals surface area contributed by atoms with E-state index in [9.17, 15) is 24.3 Å². The summed E-state index contributed by atoms with van der Waals surface area (Å²) in [7, 11) is 4.67. The predicted molar refractivity (Wildman–Crippen MR) is 223 cm³/mol. The Morgan fingerprint density at radius 2 is 1.66 bits per heavy atom. The number of methoxy groups -OCH3 is 2. The van der Waals surface area contributed by atoms with Crippen LogP contribution in [0.2, 0.25) is 0 Å². The van der Waals surface area contributed by atoms with E-state index in [1.807, 2.05) is 101 Å². The molecule has 1 saturated heterocycles. The van der Waals surface area contributed by atoms with Gasteiger partial charge in [-0.15, -0.1) is 0 Å². The Kier molecular flexibility index (Phi) is 14.9. The summed E-state index contributed by atoms with van der Waals surface area (Å²) in [6, 6.07) is 17.6. The number of hydrazine groups is 1. The maximum atomic E-state index is 14.6. The summed E-state index contributed by atoms with van der Waals surface area (Å²) in [5, 5.41) is 19.4. The van der Waals surface area contributed by atoms with Gasteiger partial charge in [0.1, 0.15) is 29.2 Å². The third-order valence-corrected chi connectivity index (χ3v) is 10.8. The van der Waals surface area contributed by atoms with Gasteiger partial charge >= 0.3 is 12.1 Å². The molecule has 5 rings (SSSR count). The average Bonchev–Trinajstić information content (AvgIpc) is 3.73. The van der Waals surface area contributed by atoms with Crippen LogP contribution in [0.5, 0.6) is 5.75 Å². The number of nitrogens with zero attached hydrogens (tertiary/aromatic N) is 6. The number of amides is 5. The molecule has 16 heteroatoms. The fourth-order valence-electron chi connectivity index (χ4n) is 7.27. The van der Waals surface area contributed by atoms with Crippen LogP contribution in [0.25, 0.3) is 11.2 Å². The van der Waals surface area contributed by atoms with Crippen molar-refractivity contribution in [2.24, 2.45) is 18.4 Å². The first-order valence-corrected chi connectivity index (χ1v) is 20.0. The number of aliphatic hydroxyl groups is 1. The predicted octanol–water partition coefficient (Wildman–Crippen LogP) is 4.02. The maximum Gasteiger partial charge on any atom is 0.407 e. The normalized spacial score (nSPS) is 15.7. The lowest BCUT2D eigenvalue weighted by Crippen LogP contribution is -2.60. The zero-order chi connectivity index (χ0) is 42.9. The van der Waals surface area contributed by atoms with Crippen molar-refractivity contribution in [2.45, 2.75) is 84.8 Å². The molecule has 16 nitrogen and oxygen atoms in total. The summed E-state index contributed by atoms with van der Waals surface area (Å²) in [6.07, 6.45) is 0.621. The molecule has 3 heterocycles. The van der Waals surface area contributed by atoms with Gasteiger partial charge in [-0.1, -0.05) is 83.5 Å². The number of pyridine rings is 1. The standard InChI is InChI=1S/C43H59N9O7/c1-9-28(2)36(52-23-22-50(42(52)57)27-35-45-32-16-13-21-44-38(32)49(35)6)39(54)46-33(24-29-14-11-10-12-15-29)34(53)26-51(25-30-17-19-31(58-7)20-18-30)48-40(55)37(43(3,4)5)47-41(56)59-8/h10-21,28,33-34,36-37,53H,9,22-27H2,1-8H3,(H,46,54)(H,47,56)(H,48,55). The Morgan fingerprint density at radius 3 is 2.29 bits per heavy atom. The summed E-state index contributed by atoms with van der Waals surface area (Å²) in [4.78, 5) is 67.2. The van der Waals surface area contributed by atoms with E-state index in [1.165, 1.54) is 7.11 Å². The van der Waals surface area contributed by atoms with E-state index in [1.54, 1.807) is 40.2 Å². The quantitative estimate of drug-likeness (QED) is 0.107. The van der Waals surface area contributed by atoms with Gasteiger partial charge in [-0.3, -0.25) is 15.0 Å². The van der Waals surface area contributed by atoms with E-state index in [0.717, 1.165) is 22.3 Å². The molecule has 0 spiro atoms. The molecular formula is C43H59N9O7. The second-order valence-electron chi connectivity index (χ2n) is 16.2. The number of carbonyl (C=O) groups excluding carboxylic acids is 4. The van der Waals surface area contributed by atoms with Crippen molar-refractivity contribution < 1.29 is 33.8 Å². The zero-order valence-electron chi connectivity index (χ0n) is 35.3. The molecule has 0 saturated carbocycles. The van der Waals surface area contributed by atoms with Gasteiger partial charge < -0.3 is 39.6 Å². The third kappa shape index (κ3) is 11.3. The van der Waals surface area contributed by atoms with Crippen molar-refractivity contribution in [3.8, 4) is 5.75 Å².